The van der Waals surface area contributed by atoms with Crippen LogP contribution in [0.25, 0.3) is 11.1 Å². The number of ketones is 1. The number of benzene rings is 4. The Balaban J connectivity index is 1.13. The normalized spacial score (nSPS) is 16.9. The second-order valence-corrected chi connectivity index (χ2v) is 21.6. The van der Waals surface area contributed by atoms with Crippen molar-refractivity contribution in [3.63, 3.8) is 0 Å². The molecule has 4 aromatic rings. The topological polar surface area (TPSA) is 161 Å². The fourth-order valence-electron chi connectivity index (χ4n) is 10.9. The number of carbonyl (C=O) groups is 6. The van der Waals surface area contributed by atoms with Crippen LogP contribution in [0.5, 0.6) is 5.75 Å². The standard InChI is InChI=1S/C60H73F5N4O10/c1-12-34(4)53(67(8)57(73)41(33(2)3)30-46(70)60(6,7)68(9)59(75)78-32-42-39-25-18-16-23-37(39)38-24-17-19-26-40(38)42)45(76-10)31-47(71)69-28-20-27-44(69)54(77-11)35(5)56(72)66-43(29-36-21-14-13-15-22-36)58(74)79-55-51(64)49(62)48(61)50(63)52(55)65/h13-19,21-26,33-35,41-45,53-54H,12,20,27-32H2,1-11H3,(H,66,72)/t34-,35+,41-,43-,44-,45+,53-,54+/m0/s1. The zero-order chi connectivity index (χ0) is 58.2. The van der Waals surface area contributed by atoms with Crippen molar-refractivity contribution in [1.29, 1.82) is 0 Å². The number of amides is 4. The van der Waals surface area contributed by atoms with Crippen LogP contribution in [0.1, 0.15) is 103 Å². The largest absolute Gasteiger partial charge is 0.448 e. The third-order valence-electron chi connectivity index (χ3n) is 16.2. The fraction of sp³-hybridized carbons (Fsp3) is 0.500. The molecule has 2 aliphatic rings. The molecule has 19 heteroatoms. The van der Waals surface area contributed by atoms with E-state index < -0.39 is 101 Å². The van der Waals surface area contributed by atoms with Crippen LogP contribution >= 0.6 is 0 Å². The number of fused-ring (bicyclic) bond motifs is 3. The molecule has 1 saturated heterocycles. The van der Waals surface area contributed by atoms with E-state index in [1.165, 1.54) is 33.1 Å². The molecule has 0 saturated carbocycles. The number of carbonyl (C=O) groups excluding carboxylic acids is 6. The Labute approximate surface area is 459 Å². The SMILES string of the molecule is CC[C@H](C)[C@@H]([C@@H](CC(=O)N1CCC[C@H]1[C@H](OC)[C@@H](C)C(=O)N[C@@H](Cc1ccccc1)C(=O)Oc1c(F)c(F)c(F)c(F)c1F)OC)N(C)C(=O)[C@@H](CC(=O)C(C)(C)N(C)C(=O)OCC1c2ccccc2-c2ccccc21)C(C)C. The van der Waals surface area contributed by atoms with Crippen molar-refractivity contribution in [2.75, 3.05) is 41.5 Å². The summed E-state index contributed by atoms with van der Waals surface area (Å²) in [4.78, 5) is 89.4. The molecule has 0 aromatic heterocycles. The first-order chi connectivity index (χ1) is 37.4. The monoisotopic (exact) mass is 1100 g/mol. The summed E-state index contributed by atoms with van der Waals surface area (Å²) in [5.74, 6) is -19.7. The third-order valence-corrected chi connectivity index (χ3v) is 16.2. The van der Waals surface area contributed by atoms with Crippen LogP contribution in [0.2, 0.25) is 0 Å². The van der Waals surface area contributed by atoms with Crippen molar-refractivity contribution < 1.29 is 69.7 Å². The van der Waals surface area contributed by atoms with E-state index in [1.807, 2.05) is 76.2 Å². The Morgan fingerprint density at radius 2 is 1.32 bits per heavy atom. The molecule has 0 unspecified atom stereocenters. The summed E-state index contributed by atoms with van der Waals surface area (Å²) in [7, 11) is 5.94. The number of methoxy groups -OCH3 is 2. The average Bonchev–Trinajstić information content (AvgIpc) is 4.26. The summed E-state index contributed by atoms with van der Waals surface area (Å²) in [6, 6.07) is 21.0. The molecule has 1 fully saturated rings. The summed E-state index contributed by atoms with van der Waals surface area (Å²) in [5.41, 5.74) is 3.33. The van der Waals surface area contributed by atoms with Crippen molar-refractivity contribution >= 4 is 35.6 Å². The van der Waals surface area contributed by atoms with E-state index in [1.54, 1.807) is 61.0 Å². The van der Waals surface area contributed by atoms with E-state index in [0.717, 1.165) is 22.3 Å². The number of ether oxygens (including phenoxy) is 4. The molecule has 4 aromatic carbocycles. The molecule has 428 valence electrons. The smallest absolute Gasteiger partial charge is 0.410 e. The number of Topliss-reactive ketones (excluding diaryl/α,β-unsaturated/α-hetero) is 1. The van der Waals surface area contributed by atoms with Gasteiger partial charge in [-0.15, -0.1) is 0 Å². The Hall–Kier alpha value is -6.73. The highest BCUT2D eigenvalue weighted by Crippen LogP contribution is 2.45. The van der Waals surface area contributed by atoms with Gasteiger partial charge in [0.25, 0.3) is 0 Å². The number of esters is 1. The number of nitrogens with zero attached hydrogens (tertiary/aromatic N) is 3. The van der Waals surface area contributed by atoms with Crippen LogP contribution in [0.15, 0.2) is 78.9 Å². The average molecular weight is 1110 g/mol. The highest BCUT2D eigenvalue weighted by molar-refractivity contribution is 5.94. The first kappa shape index (κ1) is 61.5. The Bertz CT molecular complexity index is 2780. The lowest BCUT2D eigenvalue weighted by Crippen LogP contribution is -2.55. The van der Waals surface area contributed by atoms with Gasteiger partial charge in [0.05, 0.1) is 42.2 Å². The van der Waals surface area contributed by atoms with Crippen molar-refractivity contribution in [3.05, 3.63) is 125 Å². The number of nitrogens with one attached hydrogen (secondary N) is 1. The summed E-state index contributed by atoms with van der Waals surface area (Å²) in [6.45, 7) is 12.7. The van der Waals surface area contributed by atoms with Gasteiger partial charge in [-0.25, -0.2) is 22.8 Å². The first-order valence-electron chi connectivity index (χ1n) is 26.7. The molecule has 8 atom stereocenters. The lowest BCUT2D eigenvalue weighted by molar-refractivity contribution is -0.149. The van der Waals surface area contributed by atoms with Crippen LogP contribution in [0.4, 0.5) is 26.7 Å². The Morgan fingerprint density at radius 1 is 0.759 bits per heavy atom. The van der Waals surface area contributed by atoms with Gasteiger partial charge < -0.3 is 34.1 Å². The quantitative estimate of drug-likeness (QED) is 0.0235. The molecule has 79 heavy (non-hydrogen) atoms. The van der Waals surface area contributed by atoms with Gasteiger partial charge in [0.2, 0.25) is 52.6 Å². The predicted molar refractivity (Wildman–Crippen MR) is 285 cm³/mol. The Morgan fingerprint density at radius 3 is 1.86 bits per heavy atom. The van der Waals surface area contributed by atoms with Crippen molar-refractivity contribution in [2.24, 2.45) is 23.7 Å². The minimum atomic E-state index is -2.44. The number of likely N-dealkylation sites (N-methyl/N-ethyl adjacent to an activating group) is 2. The van der Waals surface area contributed by atoms with Gasteiger partial charge >= 0.3 is 12.1 Å². The predicted octanol–water partition coefficient (Wildman–Crippen LogP) is 9.83. The van der Waals surface area contributed by atoms with Gasteiger partial charge in [-0.3, -0.25) is 24.1 Å². The van der Waals surface area contributed by atoms with Gasteiger partial charge in [-0.1, -0.05) is 120 Å². The molecule has 6 rings (SSSR count). The van der Waals surface area contributed by atoms with Crippen LogP contribution in [-0.4, -0.2) is 128 Å². The van der Waals surface area contributed by atoms with Gasteiger partial charge in [-0.05, 0) is 66.3 Å². The second-order valence-electron chi connectivity index (χ2n) is 21.6. The zero-order valence-electron chi connectivity index (χ0n) is 46.7. The first-order valence-corrected chi connectivity index (χ1v) is 26.7. The van der Waals surface area contributed by atoms with Gasteiger partial charge in [0.1, 0.15) is 12.6 Å². The third kappa shape index (κ3) is 13.3. The van der Waals surface area contributed by atoms with Crippen LogP contribution < -0.4 is 10.1 Å². The van der Waals surface area contributed by atoms with Gasteiger partial charge in [-0.2, -0.15) is 8.78 Å². The summed E-state index contributed by atoms with van der Waals surface area (Å²) < 4.78 is 93.9. The zero-order valence-corrected chi connectivity index (χ0v) is 46.7. The number of rotatable bonds is 24. The number of likely N-dealkylation sites (tertiary alicyclic amines) is 1. The lowest BCUT2D eigenvalue weighted by Gasteiger charge is -2.41. The van der Waals surface area contributed by atoms with Crippen LogP contribution in [-0.2, 0) is 44.6 Å². The number of hydrogen-bond acceptors (Lipinski definition) is 10. The van der Waals surface area contributed by atoms with Crippen molar-refractivity contribution in [1.82, 2.24) is 20.0 Å². The van der Waals surface area contributed by atoms with E-state index in [4.69, 9.17) is 18.9 Å². The lowest BCUT2D eigenvalue weighted by atomic mass is 9.82. The molecule has 14 nitrogen and oxygen atoms in total. The molecular weight excluding hydrogens is 1030 g/mol. The van der Waals surface area contributed by atoms with Gasteiger partial charge in [0.15, 0.2) is 5.78 Å². The second kappa shape index (κ2) is 26.5. The maximum atomic E-state index is 14.8. The minimum Gasteiger partial charge on any atom is -0.448 e. The van der Waals surface area contributed by atoms with Crippen molar-refractivity contribution in [2.45, 2.75) is 129 Å². The molecule has 0 radical (unpaired) electrons. The molecule has 1 N–H and O–H groups in total. The van der Waals surface area contributed by atoms with E-state index in [9.17, 15) is 50.7 Å². The summed E-state index contributed by atoms with van der Waals surface area (Å²) in [6.07, 6.45) is -1.69. The van der Waals surface area contributed by atoms with Crippen LogP contribution in [0, 0.1) is 52.8 Å². The van der Waals surface area contributed by atoms with Gasteiger partial charge in [0, 0.05) is 59.5 Å². The molecule has 1 heterocycles. The van der Waals surface area contributed by atoms with E-state index >= 15 is 0 Å². The summed E-state index contributed by atoms with van der Waals surface area (Å²) in [5, 5.41) is 2.51. The Kier molecular flexibility index (Phi) is 20.6. The molecular formula is C60H73F5N4O10. The maximum absolute atomic E-state index is 14.8. The minimum absolute atomic E-state index is 0.0608. The maximum Gasteiger partial charge on any atom is 0.410 e. The molecule has 0 bridgehead atoms. The molecule has 1 aliphatic heterocycles. The number of hydrogen-bond donors (Lipinski definition) is 1. The van der Waals surface area contributed by atoms with Crippen molar-refractivity contribution in [3.8, 4) is 16.9 Å². The highest BCUT2D eigenvalue weighted by atomic mass is 19.2. The van der Waals surface area contributed by atoms with E-state index in [0.29, 0.717) is 24.8 Å². The molecule has 0 spiro atoms. The highest BCUT2D eigenvalue weighted by Gasteiger charge is 2.45. The van der Waals surface area contributed by atoms with E-state index in [-0.39, 0.29) is 67.8 Å². The summed E-state index contributed by atoms with van der Waals surface area (Å²) >= 11 is 0. The molecule has 4 amide bonds. The van der Waals surface area contributed by atoms with Crippen LogP contribution in [0.3, 0.4) is 0 Å². The molecule has 1 aliphatic carbocycles. The fourth-order valence-corrected chi connectivity index (χ4v) is 10.9. The van der Waals surface area contributed by atoms with E-state index in [2.05, 4.69) is 5.32 Å². The number of halogens is 5.